The number of hydrogen-bond donors (Lipinski definition) is 1. The van der Waals surface area contributed by atoms with Crippen LogP contribution in [0.5, 0.6) is 0 Å². The molecule has 0 radical (unpaired) electrons. The van der Waals surface area contributed by atoms with Gasteiger partial charge < -0.3 is 9.73 Å². The van der Waals surface area contributed by atoms with Gasteiger partial charge in [-0.3, -0.25) is 4.79 Å². The average molecular weight is 373 g/mol. The lowest BCUT2D eigenvalue weighted by Crippen LogP contribution is -2.28. The maximum atomic E-state index is 13.3. The summed E-state index contributed by atoms with van der Waals surface area (Å²) in [5.74, 6) is 0.412. The van der Waals surface area contributed by atoms with E-state index in [2.05, 4.69) is 10.3 Å². The highest BCUT2D eigenvalue weighted by Crippen LogP contribution is 2.23. The topological polar surface area (TPSA) is 55.1 Å². The lowest BCUT2D eigenvalue weighted by atomic mass is 10.1. The summed E-state index contributed by atoms with van der Waals surface area (Å²) in [4.78, 5) is 16.8. The van der Waals surface area contributed by atoms with Gasteiger partial charge in [0.2, 0.25) is 11.8 Å². The quantitative estimate of drug-likeness (QED) is 0.695. The van der Waals surface area contributed by atoms with E-state index in [1.54, 1.807) is 13.0 Å². The molecule has 6 heteroatoms. The Morgan fingerprint density at radius 1 is 1.27 bits per heavy atom. The SMILES string of the molecule is Cc1oc(-c2ccccc2)nc1CC(=O)NC(C)c1ccc(F)c(Cl)c1. The average Bonchev–Trinajstić information content (AvgIpc) is 2.98. The predicted molar refractivity (Wildman–Crippen MR) is 98.3 cm³/mol. The summed E-state index contributed by atoms with van der Waals surface area (Å²) in [6.45, 7) is 3.59. The van der Waals surface area contributed by atoms with Crippen LogP contribution in [0, 0.1) is 12.7 Å². The van der Waals surface area contributed by atoms with Crippen molar-refractivity contribution < 1.29 is 13.6 Å². The van der Waals surface area contributed by atoms with Gasteiger partial charge in [-0.25, -0.2) is 9.37 Å². The number of benzene rings is 2. The van der Waals surface area contributed by atoms with Crippen LogP contribution >= 0.6 is 11.6 Å². The summed E-state index contributed by atoms with van der Waals surface area (Å²) in [5, 5.41) is 2.90. The van der Waals surface area contributed by atoms with Gasteiger partial charge in [-0.15, -0.1) is 0 Å². The van der Waals surface area contributed by atoms with Crippen molar-refractivity contribution in [3.63, 3.8) is 0 Å². The number of carbonyl (C=O) groups excluding carboxylic acids is 1. The van der Waals surface area contributed by atoms with E-state index in [1.165, 1.54) is 12.1 Å². The van der Waals surface area contributed by atoms with E-state index in [0.29, 0.717) is 17.3 Å². The molecule has 0 saturated carbocycles. The van der Waals surface area contributed by atoms with Crippen molar-refractivity contribution in [1.29, 1.82) is 0 Å². The summed E-state index contributed by atoms with van der Waals surface area (Å²) < 4.78 is 18.9. The fourth-order valence-electron chi connectivity index (χ4n) is 2.61. The third-order valence-electron chi connectivity index (χ3n) is 4.06. The third-order valence-corrected chi connectivity index (χ3v) is 4.35. The van der Waals surface area contributed by atoms with Gasteiger partial charge in [-0.05, 0) is 43.7 Å². The van der Waals surface area contributed by atoms with Crippen molar-refractivity contribution in [2.45, 2.75) is 26.3 Å². The van der Waals surface area contributed by atoms with Gasteiger partial charge >= 0.3 is 0 Å². The molecule has 0 aliphatic carbocycles. The van der Waals surface area contributed by atoms with E-state index in [4.69, 9.17) is 16.0 Å². The van der Waals surface area contributed by atoms with Crippen molar-refractivity contribution >= 4 is 17.5 Å². The molecule has 1 heterocycles. The molecule has 1 unspecified atom stereocenters. The second-order valence-electron chi connectivity index (χ2n) is 6.03. The highest BCUT2D eigenvalue weighted by molar-refractivity contribution is 6.30. The first kappa shape index (κ1) is 18.1. The van der Waals surface area contributed by atoms with Crippen LogP contribution in [0.3, 0.4) is 0 Å². The van der Waals surface area contributed by atoms with Crippen molar-refractivity contribution in [3.8, 4) is 11.5 Å². The van der Waals surface area contributed by atoms with Crippen LogP contribution in [-0.4, -0.2) is 10.9 Å². The number of aromatic nitrogens is 1. The van der Waals surface area contributed by atoms with Crippen LogP contribution in [0.4, 0.5) is 4.39 Å². The molecule has 134 valence electrons. The summed E-state index contributed by atoms with van der Waals surface area (Å²) in [6, 6.07) is 13.6. The van der Waals surface area contributed by atoms with Gasteiger partial charge in [0, 0.05) is 5.56 Å². The molecule has 1 N–H and O–H groups in total. The molecule has 3 aromatic rings. The maximum Gasteiger partial charge on any atom is 0.226 e. The molecule has 0 spiro atoms. The molecule has 2 aromatic carbocycles. The minimum Gasteiger partial charge on any atom is -0.441 e. The molecular formula is C20H18ClFN2O2. The second kappa shape index (κ2) is 7.70. The molecule has 0 fully saturated rings. The highest BCUT2D eigenvalue weighted by atomic mass is 35.5. The maximum absolute atomic E-state index is 13.3. The van der Waals surface area contributed by atoms with Crippen molar-refractivity contribution in [3.05, 3.63) is 76.4 Å². The van der Waals surface area contributed by atoms with E-state index in [-0.39, 0.29) is 23.4 Å². The summed E-state index contributed by atoms with van der Waals surface area (Å²) in [7, 11) is 0. The summed E-state index contributed by atoms with van der Waals surface area (Å²) in [6.07, 6.45) is 0.0986. The lowest BCUT2D eigenvalue weighted by molar-refractivity contribution is -0.121. The van der Waals surface area contributed by atoms with Gasteiger partial charge in [0.25, 0.3) is 0 Å². The monoisotopic (exact) mass is 372 g/mol. The second-order valence-corrected chi connectivity index (χ2v) is 6.43. The van der Waals surface area contributed by atoms with E-state index in [1.807, 2.05) is 37.3 Å². The molecule has 1 amide bonds. The van der Waals surface area contributed by atoms with Crippen molar-refractivity contribution in [1.82, 2.24) is 10.3 Å². The molecule has 0 saturated heterocycles. The molecule has 1 atom stereocenters. The number of oxazole rings is 1. The highest BCUT2D eigenvalue weighted by Gasteiger charge is 2.17. The van der Waals surface area contributed by atoms with E-state index >= 15 is 0 Å². The first-order valence-electron chi connectivity index (χ1n) is 8.20. The molecule has 3 rings (SSSR count). The minimum atomic E-state index is -0.486. The molecule has 0 bridgehead atoms. The number of nitrogens with zero attached hydrogens (tertiary/aromatic N) is 1. The zero-order chi connectivity index (χ0) is 18.7. The van der Waals surface area contributed by atoms with Crippen LogP contribution in [0.25, 0.3) is 11.5 Å². The predicted octanol–water partition coefficient (Wildman–Crippen LogP) is 4.86. The van der Waals surface area contributed by atoms with Crippen LogP contribution in [-0.2, 0) is 11.2 Å². The molecule has 0 aliphatic rings. The molecule has 26 heavy (non-hydrogen) atoms. The van der Waals surface area contributed by atoms with E-state index < -0.39 is 5.82 Å². The van der Waals surface area contributed by atoms with Crippen LogP contribution < -0.4 is 5.32 Å². The zero-order valence-electron chi connectivity index (χ0n) is 14.4. The normalized spacial score (nSPS) is 12.0. The van der Waals surface area contributed by atoms with E-state index in [9.17, 15) is 9.18 Å². The molecule has 1 aromatic heterocycles. The van der Waals surface area contributed by atoms with Crippen molar-refractivity contribution in [2.24, 2.45) is 0 Å². The number of amides is 1. The van der Waals surface area contributed by atoms with E-state index in [0.717, 1.165) is 11.1 Å². The molecule has 4 nitrogen and oxygen atoms in total. The number of nitrogens with one attached hydrogen (secondary N) is 1. The first-order chi connectivity index (χ1) is 12.4. The Bertz CT molecular complexity index is 925. The number of rotatable bonds is 5. The molecular weight excluding hydrogens is 355 g/mol. The Kier molecular flexibility index (Phi) is 5.38. The number of aryl methyl sites for hydroxylation is 1. The Labute approximate surface area is 156 Å². The third kappa shape index (κ3) is 4.11. The summed E-state index contributed by atoms with van der Waals surface area (Å²) >= 11 is 5.80. The Balaban J connectivity index is 1.68. The number of halogens is 2. The lowest BCUT2D eigenvalue weighted by Gasteiger charge is -2.14. The smallest absolute Gasteiger partial charge is 0.226 e. The zero-order valence-corrected chi connectivity index (χ0v) is 15.2. The van der Waals surface area contributed by atoms with Gasteiger partial charge in [0.15, 0.2) is 0 Å². The van der Waals surface area contributed by atoms with Crippen LogP contribution in [0.2, 0.25) is 5.02 Å². The molecule has 0 aliphatic heterocycles. The Morgan fingerprint density at radius 3 is 2.69 bits per heavy atom. The van der Waals surface area contributed by atoms with Gasteiger partial charge in [-0.1, -0.05) is 35.9 Å². The van der Waals surface area contributed by atoms with Gasteiger partial charge in [0.05, 0.1) is 23.2 Å². The summed E-state index contributed by atoms with van der Waals surface area (Å²) in [5.41, 5.74) is 2.17. The fraction of sp³-hybridized carbons (Fsp3) is 0.200. The Morgan fingerprint density at radius 2 is 2.00 bits per heavy atom. The fourth-order valence-corrected chi connectivity index (χ4v) is 2.79. The first-order valence-corrected chi connectivity index (χ1v) is 8.58. The Hall–Kier alpha value is -2.66. The minimum absolute atomic E-state index is 0.0310. The van der Waals surface area contributed by atoms with Crippen LogP contribution in [0.15, 0.2) is 52.9 Å². The van der Waals surface area contributed by atoms with Gasteiger partial charge in [0.1, 0.15) is 11.6 Å². The number of carbonyl (C=O) groups is 1. The number of hydrogen-bond acceptors (Lipinski definition) is 3. The largest absolute Gasteiger partial charge is 0.441 e. The van der Waals surface area contributed by atoms with Crippen molar-refractivity contribution in [2.75, 3.05) is 0 Å². The van der Waals surface area contributed by atoms with Crippen LogP contribution in [0.1, 0.15) is 30.0 Å². The standard InChI is InChI=1S/C20H18ClFN2O2/c1-12(15-8-9-17(22)16(21)10-15)23-19(25)11-18-13(2)26-20(24-18)14-6-4-3-5-7-14/h3-10,12H,11H2,1-2H3,(H,23,25). The van der Waals surface area contributed by atoms with Gasteiger partial charge in [-0.2, -0.15) is 0 Å².